The van der Waals surface area contributed by atoms with Crippen LogP contribution in [0, 0.1) is 11.6 Å². The molecule has 0 saturated carbocycles. The lowest BCUT2D eigenvalue weighted by Crippen LogP contribution is -2.08. The number of hydrogen-bond donors (Lipinski definition) is 2. The van der Waals surface area contributed by atoms with Crippen LogP contribution in [0.2, 0.25) is 0 Å². The van der Waals surface area contributed by atoms with E-state index in [0.717, 1.165) is 23.8 Å². The lowest BCUT2D eigenvalue weighted by Gasteiger charge is -2.23. The Morgan fingerprint density at radius 2 is 1.50 bits per heavy atom. The highest BCUT2D eigenvalue weighted by atomic mass is 79.9. The van der Waals surface area contributed by atoms with Gasteiger partial charge in [0.2, 0.25) is 0 Å². The summed E-state index contributed by atoms with van der Waals surface area (Å²) in [6.45, 7) is 3.95. The molecule has 0 aromatic heterocycles. The maximum atomic E-state index is 13.9. The van der Waals surface area contributed by atoms with Crippen molar-refractivity contribution in [3.8, 4) is 17.2 Å². The quantitative estimate of drug-likeness (QED) is 0.288. The van der Waals surface area contributed by atoms with E-state index in [-0.39, 0.29) is 35.0 Å². The molecule has 0 aliphatic carbocycles. The number of carbonyl (C=O) groups is 1. The van der Waals surface area contributed by atoms with E-state index in [2.05, 4.69) is 31.9 Å². The van der Waals surface area contributed by atoms with Crippen molar-refractivity contribution in [2.75, 3.05) is 7.11 Å². The maximum Gasteiger partial charge on any atom is 0.307 e. The van der Waals surface area contributed by atoms with Crippen LogP contribution in [0.25, 0.3) is 0 Å². The molecule has 0 aliphatic rings. The summed E-state index contributed by atoms with van der Waals surface area (Å²) in [5.74, 6) is -1.72. The summed E-state index contributed by atoms with van der Waals surface area (Å²) in [5, 5.41) is 20.2. The summed E-state index contributed by atoms with van der Waals surface area (Å²) in [4.78, 5) is 11.1. The molecule has 0 heterocycles. The molecule has 0 spiro atoms. The fourth-order valence-corrected chi connectivity index (χ4v) is 4.92. The van der Waals surface area contributed by atoms with Crippen molar-refractivity contribution < 1.29 is 33.3 Å². The van der Waals surface area contributed by atoms with Crippen LogP contribution < -0.4 is 9.47 Å². The van der Waals surface area contributed by atoms with Gasteiger partial charge in [-0.2, -0.15) is 0 Å². The Morgan fingerprint density at radius 1 is 0.941 bits per heavy atom. The molecule has 3 rings (SSSR count). The average molecular weight is 600 g/mol. The lowest BCUT2D eigenvalue weighted by atomic mass is 9.94. The molecule has 5 nitrogen and oxygen atoms in total. The molecule has 0 aliphatic heterocycles. The van der Waals surface area contributed by atoms with Crippen molar-refractivity contribution in [3.63, 3.8) is 0 Å². The van der Waals surface area contributed by atoms with Crippen LogP contribution in [0.4, 0.5) is 8.78 Å². The van der Waals surface area contributed by atoms with Crippen molar-refractivity contribution in [3.05, 3.63) is 85.3 Å². The molecule has 0 fully saturated rings. The molecule has 0 bridgehead atoms. The Hall–Kier alpha value is -2.49. The Kier molecular flexibility index (Phi) is 8.33. The Balaban J connectivity index is 2.18. The minimum atomic E-state index is -1.46. The number of rotatable bonds is 8. The fourth-order valence-electron chi connectivity index (χ4n) is 3.47. The van der Waals surface area contributed by atoms with Crippen molar-refractivity contribution in [2.45, 2.75) is 32.3 Å². The van der Waals surface area contributed by atoms with Gasteiger partial charge < -0.3 is 19.7 Å². The van der Waals surface area contributed by atoms with Crippen LogP contribution in [0.15, 0.2) is 51.4 Å². The number of methoxy groups -OCH3 is 1. The summed E-state index contributed by atoms with van der Waals surface area (Å²) in [6, 6.07) is 9.52. The monoisotopic (exact) mass is 598 g/mol. The average Bonchev–Trinajstić information content (AvgIpc) is 2.73. The smallest absolute Gasteiger partial charge is 0.307 e. The third-order valence-electron chi connectivity index (χ3n) is 5.11. The number of halogens is 4. The van der Waals surface area contributed by atoms with Gasteiger partial charge >= 0.3 is 5.97 Å². The Labute approximate surface area is 212 Å². The van der Waals surface area contributed by atoms with Crippen molar-refractivity contribution in [1.82, 2.24) is 0 Å². The predicted molar refractivity (Wildman–Crippen MR) is 131 cm³/mol. The molecule has 9 heteroatoms. The first-order valence-electron chi connectivity index (χ1n) is 10.2. The predicted octanol–water partition coefficient (Wildman–Crippen LogP) is 7.12. The molecule has 1 unspecified atom stereocenters. The third-order valence-corrected chi connectivity index (χ3v) is 6.29. The van der Waals surface area contributed by atoms with Gasteiger partial charge in [0.25, 0.3) is 0 Å². The lowest BCUT2D eigenvalue weighted by molar-refractivity contribution is -0.136. The van der Waals surface area contributed by atoms with Crippen LogP contribution in [-0.4, -0.2) is 23.3 Å². The largest absolute Gasteiger partial charge is 0.496 e. The van der Waals surface area contributed by atoms with Gasteiger partial charge in [-0.3, -0.25) is 4.79 Å². The first-order chi connectivity index (χ1) is 16.0. The van der Waals surface area contributed by atoms with E-state index in [0.29, 0.717) is 20.3 Å². The molecule has 1 atom stereocenters. The number of carboxylic acids is 1. The van der Waals surface area contributed by atoms with Crippen LogP contribution in [0.3, 0.4) is 0 Å². The van der Waals surface area contributed by atoms with Gasteiger partial charge in [0.15, 0.2) is 5.75 Å². The van der Waals surface area contributed by atoms with E-state index in [4.69, 9.17) is 14.6 Å². The summed E-state index contributed by atoms with van der Waals surface area (Å²) >= 11 is 6.83. The molecule has 0 saturated heterocycles. The topological polar surface area (TPSA) is 76.0 Å². The van der Waals surface area contributed by atoms with Gasteiger partial charge in [-0.25, -0.2) is 8.78 Å². The van der Waals surface area contributed by atoms with Crippen LogP contribution in [0.5, 0.6) is 17.2 Å². The molecular weight excluding hydrogens is 578 g/mol. The molecule has 3 aromatic rings. The fraction of sp³-hybridized carbons (Fsp3) is 0.240. The van der Waals surface area contributed by atoms with Crippen molar-refractivity contribution in [2.24, 2.45) is 0 Å². The van der Waals surface area contributed by atoms with Crippen LogP contribution in [-0.2, 0) is 11.2 Å². The van der Waals surface area contributed by atoms with Crippen molar-refractivity contribution >= 4 is 37.8 Å². The summed E-state index contributed by atoms with van der Waals surface area (Å²) in [5.41, 5.74) is 1.57. The van der Waals surface area contributed by atoms with Gasteiger partial charge in [-0.15, -0.1) is 0 Å². The van der Waals surface area contributed by atoms with E-state index in [1.54, 1.807) is 24.3 Å². The number of benzene rings is 3. The number of aliphatic hydroxyl groups excluding tert-OH is 1. The van der Waals surface area contributed by atoms with Crippen LogP contribution >= 0.6 is 31.9 Å². The molecular formula is C25H22Br2F2O5. The van der Waals surface area contributed by atoms with Crippen molar-refractivity contribution in [1.29, 1.82) is 0 Å². The SMILES string of the molecule is COc1cc(C(C)C)cc(Oc2c(Br)cc(CC(=O)O)cc2Br)c1C(O)c1cc(F)cc(F)c1. The molecule has 0 amide bonds. The highest BCUT2D eigenvalue weighted by Crippen LogP contribution is 2.45. The van der Waals surface area contributed by atoms with Gasteiger partial charge in [0.05, 0.1) is 28.0 Å². The van der Waals surface area contributed by atoms with E-state index in [9.17, 15) is 18.7 Å². The van der Waals surface area contributed by atoms with E-state index >= 15 is 0 Å². The molecule has 0 radical (unpaired) electrons. The number of carboxylic acid groups (broad SMARTS) is 1. The van der Waals surface area contributed by atoms with Gasteiger partial charge in [-0.1, -0.05) is 13.8 Å². The molecule has 34 heavy (non-hydrogen) atoms. The van der Waals surface area contributed by atoms with Crippen LogP contribution in [0.1, 0.15) is 48.1 Å². The second-order valence-corrected chi connectivity index (χ2v) is 9.66. The minimum absolute atomic E-state index is 0.00659. The van der Waals surface area contributed by atoms with E-state index in [1.807, 2.05) is 13.8 Å². The van der Waals surface area contributed by atoms with Gasteiger partial charge in [-0.05, 0) is 90.9 Å². The molecule has 180 valence electrons. The molecule has 3 aromatic carbocycles. The number of aliphatic carboxylic acids is 1. The van der Waals surface area contributed by atoms with E-state index < -0.39 is 23.7 Å². The third kappa shape index (κ3) is 5.95. The van der Waals surface area contributed by atoms with Gasteiger partial charge in [0.1, 0.15) is 29.2 Å². The zero-order valence-corrected chi connectivity index (χ0v) is 21.7. The van der Waals surface area contributed by atoms with Gasteiger partial charge in [0, 0.05) is 6.07 Å². The zero-order chi connectivity index (χ0) is 25.2. The second kappa shape index (κ2) is 10.8. The normalized spacial score (nSPS) is 12.0. The number of hydrogen-bond acceptors (Lipinski definition) is 4. The number of aliphatic hydroxyl groups is 1. The Bertz CT molecular complexity index is 1190. The number of ether oxygens (including phenoxy) is 2. The highest BCUT2D eigenvalue weighted by Gasteiger charge is 2.25. The second-order valence-electron chi connectivity index (χ2n) is 7.96. The standard InChI is InChI=1S/C25H22Br2F2O5/c1-12(2)14-9-20(33-3)23(24(32)15-7-16(28)11-17(29)8-15)21(10-14)34-25-18(26)4-13(5-19(25)27)6-22(30)31/h4-5,7-12,24,32H,6H2,1-3H3,(H,30,31). The summed E-state index contributed by atoms with van der Waals surface area (Å²) in [6.07, 6.45) is -1.64. The first kappa shape index (κ1) is 26.1. The summed E-state index contributed by atoms with van der Waals surface area (Å²) < 4.78 is 40.4. The Morgan fingerprint density at radius 3 is 2.00 bits per heavy atom. The maximum absolute atomic E-state index is 13.9. The highest BCUT2D eigenvalue weighted by molar-refractivity contribution is 9.11. The van der Waals surface area contributed by atoms with E-state index in [1.165, 1.54) is 7.11 Å². The first-order valence-corrected chi connectivity index (χ1v) is 11.8. The molecule has 2 N–H and O–H groups in total. The zero-order valence-electron chi connectivity index (χ0n) is 18.5. The minimum Gasteiger partial charge on any atom is -0.496 e. The summed E-state index contributed by atoms with van der Waals surface area (Å²) in [7, 11) is 1.43.